The Labute approximate surface area is 88.7 Å². The van der Waals surface area contributed by atoms with Crippen LogP contribution in [0.3, 0.4) is 0 Å². The summed E-state index contributed by atoms with van der Waals surface area (Å²) in [7, 11) is 0. The van der Waals surface area contributed by atoms with Gasteiger partial charge in [0.05, 0.1) is 6.04 Å². The fourth-order valence-corrected chi connectivity index (χ4v) is 2.45. The Balaban J connectivity index is 2.39. The molecule has 0 aliphatic heterocycles. The highest BCUT2D eigenvalue weighted by Crippen LogP contribution is 2.30. The van der Waals surface area contributed by atoms with Crippen molar-refractivity contribution in [3.63, 3.8) is 0 Å². The molecular formula is C13H23N. The van der Waals surface area contributed by atoms with Crippen molar-refractivity contribution >= 4 is 0 Å². The summed E-state index contributed by atoms with van der Waals surface area (Å²) >= 11 is 0. The molecule has 0 spiro atoms. The van der Waals surface area contributed by atoms with Crippen LogP contribution in [0.15, 0.2) is 0 Å². The first-order chi connectivity index (χ1) is 6.77. The topological polar surface area (TPSA) is 12.0 Å². The van der Waals surface area contributed by atoms with Crippen LogP contribution in [0.1, 0.15) is 46.0 Å². The van der Waals surface area contributed by atoms with Crippen LogP contribution >= 0.6 is 0 Å². The van der Waals surface area contributed by atoms with Gasteiger partial charge in [-0.1, -0.05) is 32.6 Å². The molecule has 0 aromatic heterocycles. The Bertz CT molecular complexity index is 192. The van der Waals surface area contributed by atoms with Crippen LogP contribution in [-0.2, 0) is 0 Å². The van der Waals surface area contributed by atoms with E-state index in [4.69, 9.17) is 6.42 Å². The molecule has 1 nitrogen and oxygen atoms in total. The minimum atomic E-state index is 0.317. The molecule has 0 aromatic carbocycles. The summed E-state index contributed by atoms with van der Waals surface area (Å²) in [6.07, 6.45) is 12.1. The van der Waals surface area contributed by atoms with E-state index in [1.54, 1.807) is 0 Å². The van der Waals surface area contributed by atoms with Gasteiger partial charge in [-0.3, -0.25) is 0 Å². The van der Waals surface area contributed by atoms with Crippen LogP contribution in [0.4, 0.5) is 0 Å². The van der Waals surface area contributed by atoms with Crippen molar-refractivity contribution < 1.29 is 0 Å². The van der Waals surface area contributed by atoms with Crippen molar-refractivity contribution in [1.29, 1.82) is 0 Å². The van der Waals surface area contributed by atoms with Gasteiger partial charge in [-0.2, -0.15) is 0 Å². The predicted octanol–water partition coefficient (Wildman–Crippen LogP) is 2.81. The Morgan fingerprint density at radius 2 is 2.29 bits per heavy atom. The number of terminal acetylenes is 1. The normalized spacial score (nSPS) is 29.5. The summed E-state index contributed by atoms with van der Waals surface area (Å²) in [6.45, 7) is 5.59. The second-order valence-electron chi connectivity index (χ2n) is 4.63. The Morgan fingerprint density at radius 3 is 2.86 bits per heavy atom. The van der Waals surface area contributed by atoms with Gasteiger partial charge in [-0.05, 0) is 37.6 Å². The minimum Gasteiger partial charge on any atom is -0.303 e. The quantitative estimate of drug-likeness (QED) is 0.677. The van der Waals surface area contributed by atoms with E-state index in [-0.39, 0.29) is 0 Å². The maximum atomic E-state index is 5.58. The van der Waals surface area contributed by atoms with Gasteiger partial charge >= 0.3 is 0 Å². The zero-order valence-electron chi connectivity index (χ0n) is 9.55. The molecular weight excluding hydrogens is 170 g/mol. The fraction of sp³-hybridized carbons (Fsp3) is 0.846. The van der Waals surface area contributed by atoms with Crippen LogP contribution in [0.2, 0.25) is 0 Å². The maximum absolute atomic E-state index is 5.58. The lowest BCUT2D eigenvalue weighted by molar-refractivity contribution is 0.249. The van der Waals surface area contributed by atoms with Crippen molar-refractivity contribution in [2.45, 2.75) is 52.0 Å². The smallest absolute Gasteiger partial charge is 0.0715 e. The lowest BCUT2D eigenvalue weighted by atomic mass is 9.79. The Morgan fingerprint density at radius 1 is 1.50 bits per heavy atom. The van der Waals surface area contributed by atoms with Crippen molar-refractivity contribution in [3.05, 3.63) is 0 Å². The molecule has 1 rings (SSSR count). The first-order valence-electron chi connectivity index (χ1n) is 5.97. The molecule has 14 heavy (non-hydrogen) atoms. The number of rotatable bonds is 4. The van der Waals surface area contributed by atoms with Crippen molar-refractivity contribution in [1.82, 2.24) is 5.32 Å². The van der Waals surface area contributed by atoms with Crippen LogP contribution in [-0.4, -0.2) is 12.6 Å². The molecule has 0 heterocycles. The average molecular weight is 193 g/mol. The largest absolute Gasteiger partial charge is 0.303 e. The second kappa shape index (κ2) is 6.09. The highest BCUT2D eigenvalue weighted by atomic mass is 14.9. The van der Waals surface area contributed by atoms with Crippen LogP contribution in [0.25, 0.3) is 0 Å². The first kappa shape index (κ1) is 11.6. The van der Waals surface area contributed by atoms with Crippen molar-refractivity contribution in [2.24, 2.45) is 11.8 Å². The molecule has 0 aromatic rings. The monoisotopic (exact) mass is 193 g/mol. The number of hydrogen-bond donors (Lipinski definition) is 1. The van der Waals surface area contributed by atoms with Crippen molar-refractivity contribution in [3.8, 4) is 12.3 Å². The summed E-state index contributed by atoms with van der Waals surface area (Å²) in [6, 6.07) is 0.317. The molecule has 0 bridgehead atoms. The molecule has 3 unspecified atom stereocenters. The Kier molecular flexibility index (Phi) is 5.04. The lowest BCUT2D eigenvalue weighted by Gasteiger charge is -2.31. The molecule has 1 aliphatic carbocycles. The average Bonchev–Trinajstić information content (AvgIpc) is 2.19. The molecule has 0 radical (unpaired) electrons. The predicted molar refractivity (Wildman–Crippen MR) is 62.0 cm³/mol. The molecule has 1 saturated carbocycles. The molecule has 1 N–H and O–H groups in total. The van der Waals surface area contributed by atoms with E-state index < -0.39 is 0 Å². The van der Waals surface area contributed by atoms with E-state index in [0.717, 1.165) is 18.4 Å². The van der Waals surface area contributed by atoms with Gasteiger partial charge in [0.1, 0.15) is 0 Å². The SMILES string of the molecule is C#CC(NCCC)C1CCCC(C)C1. The highest BCUT2D eigenvalue weighted by Gasteiger charge is 2.24. The van der Waals surface area contributed by atoms with E-state index in [0.29, 0.717) is 6.04 Å². The minimum absolute atomic E-state index is 0.317. The standard InChI is InChI=1S/C13H23N/c1-4-9-14-13(5-2)12-8-6-7-11(3)10-12/h2,11-14H,4,6-10H2,1,3H3. The maximum Gasteiger partial charge on any atom is 0.0715 e. The third-order valence-electron chi connectivity index (χ3n) is 3.24. The van der Waals surface area contributed by atoms with E-state index >= 15 is 0 Å². The second-order valence-corrected chi connectivity index (χ2v) is 4.63. The summed E-state index contributed by atoms with van der Waals surface area (Å²) in [5.41, 5.74) is 0. The van der Waals surface area contributed by atoms with Gasteiger partial charge in [-0.15, -0.1) is 6.42 Å². The third kappa shape index (κ3) is 3.35. The number of hydrogen-bond acceptors (Lipinski definition) is 1. The number of nitrogens with one attached hydrogen (secondary N) is 1. The van der Waals surface area contributed by atoms with E-state index in [1.165, 1.54) is 32.1 Å². The molecule has 3 atom stereocenters. The van der Waals surface area contributed by atoms with E-state index in [2.05, 4.69) is 25.1 Å². The molecule has 0 saturated heterocycles. The lowest BCUT2D eigenvalue weighted by Crippen LogP contribution is -2.37. The van der Waals surface area contributed by atoms with Gasteiger partial charge in [0, 0.05) is 0 Å². The van der Waals surface area contributed by atoms with Crippen LogP contribution in [0.5, 0.6) is 0 Å². The van der Waals surface area contributed by atoms with E-state index in [1.807, 2.05) is 0 Å². The highest BCUT2D eigenvalue weighted by molar-refractivity contribution is 5.03. The van der Waals surface area contributed by atoms with Gasteiger partial charge in [0.25, 0.3) is 0 Å². The summed E-state index contributed by atoms with van der Waals surface area (Å²) in [5.74, 6) is 4.50. The van der Waals surface area contributed by atoms with Crippen LogP contribution in [0, 0.1) is 24.2 Å². The van der Waals surface area contributed by atoms with Crippen molar-refractivity contribution in [2.75, 3.05) is 6.54 Å². The Hall–Kier alpha value is -0.480. The van der Waals surface area contributed by atoms with Crippen LogP contribution < -0.4 is 5.32 Å². The van der Waals surface area contributed by atoms with Gasteiger partial charge in [0.2, 0.25) is 0 Å². The molecule has 1 fully saturated rings. The molecule has 80 valence electrons. The molecule has 0 amide bonds. The molecule has 1 aliphatic rings. The molecule has 1 heteroatoms. The van der Waals surface area contributed by atoms with Gasteiger partial charge in [0.15, 0.2) is 0 Å². The fourth-order valence-electron chi connectivity index (χ4n) is 2.45. The summed E-state index contributed by atoms with van der Waals surface area (Å²) in [5, 5.41) is 3.47. The van der Waals surface area contributed by atoms with E-state index in [9.17, 15) is 0 Å². The van der Waals surface area contributed by atoms with Gasteiger partial charge < -0.3 is 5.32 Å². The third-order valence-corrected chi connectivity index (χ3v) is 3.24. The summed E-state index contributed by atoms with van der Waals surface area (Å²) < 4.78 is 0. The zero-order chi connectivity index (χ0) is 10.4. The van der Waals surface area contributed by atoms with Gasteiger partial charge in [-0.25, -0.2) is 0 Å². The first-order valence-corrected chi connectivity index (χ1v) is 5.97. The summed E-state index contributed by atoms with van der Waals surface area (Å²) in [4.78, 5) is 0. The zero-order valence-corrected chi connectivity index (χ0v) is 9.55.